The number of carbonyl (C=O) groups is 1. The van der Waals surface area contributed by atoms with Crippen molar-refractivity contribution in [2.75, 3.05) is 31.0 Å². The van der Waals surface area contributed by atoms with Gasteiger partial charge >= 0.3 is 0 Å². The number of aryl methyl sites for hydroxylation is 1. The summed E-state index contributed by atoms with van der Waals surface area (Å²) in [4.78, 5) is 13.2. The fourth-order valence-electron chi connectivity index (χ4n) is 3.98. The van der Waals surface area contributed by atoms with Crippen molar-refractivity contribution in [1.82, 2.24) is 9.78 Å². The number of nitrogens with zero attached hydrogens (tertiary/aromatic N) is 2. The molecule has 0 unspecified atom stereocenters. The van der Waals surface area contributed by atoms with Crippen molar-refractivity contribution in [1.29, 1.82) is 0 Å². The van der Waals surface area contributed by atoms with Crippen molar-refractivity contribution in [3.8, 4) is 11.5 Å². The fourth-order valence-corrected chi connectivity index (χ4v) is 5.67. The van der Waals surface area contributed by atoms with Gasteiger partial charge in [0.2, 0.25) is 0 Å². The van der Waals surface area contributed by atoms with Crippen LogP contribution in [0.2, 0.25) is 0 Å². The minimum atomic E-state index is -3.09. The number of fused-ring (bicyclic) bond motifs is 1. The highest BCUT2D eigenvalue weighted by Gasteiger charge is 2.35. The maximum atomic E-state index is 13.2. The van der Waals surface area contributed by atoms with Gasteiger partial charge in [-0.15, -0.1) is 0 Å². The van der Waals surface area contributed by atoms with Gasteiger partial charge in [0.25, 0.3) is 5.91 Å². The molecule has 2 aromatic rings. The van der Waals surface area contributed by atoms with E-state index in [9.17, 15) is 13.2 Å². The minimum Gasteiger partial charge on any atom is -0.497 e. The summed E-state index contributed by atoms with van der Waals surface area (Å²) >= 11 is 0. The van der Waals surface area contributed by atoms with E-state index in [1.54, 1.807) is 30.0 Å². The third-order valence-electron chi connectivity index (χ3n) is 5.36. The van der Waals surface area contributed by atoms with Gasteiger partial charge in [0.15, 0.2) is 9.84 Å². The number of amides is 1. The third kappa shape index (κ3) is 3.34. The topological polar surface area (TPSA) is 99.5 Å². The maximum absolute atomic E-state index is 13.2. The van der Waals surface area contributed by atoms with Crippen LogP contribution in [0, 0.1) is 0 Å². The average molecular weight is 405 g/mol. The summed E-state index contributed by atoms with van der Waals surface area (Å²) in [7, 11) is -0.00396. The van der Waals surface area contributed by atoms with Crippen LogP contribution >= 0.6 is 0 Å². The van der Waals surface area contributed by atoms with Crippen LogP contribution in [-0.4, -0.2) is 49.8 Å². The van der Waals surface area contributed by atoms with Crippen LogP contribution in [-0.2, 0) is 22.7 Å². The molecule has 1 atom stereocenters. The van der Waals surface area contributed by atoms with Gasteiger partial charge in [-0.3, -0.25) is 9.48 Å². The molecule has 1 aliphatic heterocycles. The molecule has 2 heterocycles. The second kappa shape index (κ2) is 7.12. The maximum Gasteiger partial charge on any atom is 0.274 e. The first-order valence-electron chi connectivity index (χ1n) is 9.26. The van der Waals surface area contributed by atoms with Gasteiger partial charge in [0.05, 0.1) is 43.1 Å². The Kier molecular flexibility index (Phi) is 4.78. The number of carbonyl (C=O) groups excluding carboxylic acids is 1. The number of sulfone groups is 1. The summed E-state index contributed by atoms with van der Waals surface area (Å²) in [5, 5.41) is 7.51. The zero-order valence-corrected chi connectivity index (χ0v) is 16.7. The molecule has 9 heteroatoms. The lowest BCUT2D eigenvalue weighted by atomic mass is 10.1. The summed E-state index contributed by atoms with van der Waals surface area (Å²) in [5.41, 5.74) is 2.76. The predicted octanol–water partition coefficient (Wildman–Crippen LogP) is 2.00. The van der Waals surface area contributed by atoms with Crippen LogP contribution in [0.5, 0.6) is 11.5 Å². The molecule has 1 N–H and O–H groups in total. The van der Waals surface area contributed by atoms with Crippen molar-refractivity contribution in [2.45, 2.75) is 31.7 Å². The van der Waals surface area contributed by atoms with Crippen molar-refractivity contribution < 1.29 is 22.7 Å². The Morgan fingerprint density at radius 2 is 2.07 bits per heavy atom. The monoisotopic (exact) mass is 405 g/mol. The molecule has 0 spiro atoms. The molecule has 0 radical (unpaired) electrons. The average Bonchev–Trinajstić information content (AvgIpc) is 3.34. The zero-order valence-electron chi connectivity index (χ0n) is 15.9. The summed E-state index contributed by atoms with van der Waals surface area (Å²) in [6, 6.07) is 4.86. The van der Waals surface area contributed by atoms with Crippen LogP contribution < -0.4 is 14.8 Å². The third-order valence-corrected chi connectivity index (χ3v) is 7.11. The fraction of sp³-hybridized carbons (Fsp3) is 0.474. The molecular formula is C19H23N3O5S. The number of anilines is 1. The van der Waals surface area contributed by atoms with Crippen LogP contribution in [0.3, 0.4) is 0 Å². The van der Waals surface area contributed by atoms with E-state index in [1.807, 2.05) is 0 Å². The summed E-state index contributed by atoms with van der Waals surface area (Å²) in [5.74, 6) is 0.951. The lowest BCUT2D eigenvalue weighted by Crippen LogP contribution is -2.23. The molecule has 1 saturated heterocycles. The van der Waals surface area contributed by atoms with E-state index in [-0.39, 0.29) is 23.5 Å². The van der Waals surface area contributed by atoms with Crippen molar-refractivity contribution in [3.63, 3.8) is 0 Å². The Morgan fingerprint density at radius 1 is 1.25 bits per heavy atom. The molecule has 1 aromatic heterocycles. The number of aromatic nitrogens is 2. The molecule has 0 bridgehead atoms. The second-order valence-electron chi connectivity index (χ2n) is 7.15. The van der Waals surface area contributed by atoms with E-state index in [2.05, 4.69) is 10.4 Å². The summed E-state index contributed by atoms with van der Waals surface area (Å²) in [6.45, 7) is 0. The molecule has 2 aliphatic rings. The van der Waals surface area contributed by atoms with Gasteiger partial charge in [-0.2, -0.15) is 5.10 Å². The van der Waals surface area contributed by atoms with Crippen molar-refractivity contribution >= 4 is 21.4 Å². The number of rotatable bonds is 5. The van der Waals surface area contributed by atoms with Gasteiger partial charge in [-0.05, 0) is 37.8 Å². The van der Waals surface area contributed by atoms with Crippen LogP contribution in [0.1, 0.15) is 40.6 Å². The normalized spacial score (nSPS) is 20.0. The number of nitrogens with one attached hydrogen (secondary N) is 1. The first kappa shape index (κ1) is 18.8. The molecule has 1 fully saturated rings. The van der Waals surface area contributed by atoms with E-state index in [0.717, 1.165) is 30.5 Å². The van der Waals surface area contributed by atoms with Crippen LogP contribution in [0.4, 0.5) is 5.69 Å². The lowest BCUT2D eigenvalue weighted by molar-refractivity contribution is 0.101. The van der Waals surface area contributed by atoms with Crippen molar-refractivity contribution in [3.05, 3.63) is 35.2 Å². The summed E-state index contributed by atoms with van der Waals surface area (Å²) in [6.07, 6.45) is 3.01. The molecule has 150 valence electrons. The Morgan fingerprint density at radius 3 is 2.75 bits per heavy atom. The van der Waals surface area contributed by atoms with Crippen molar-refractivity contribution in [2.24, 2.45) is 0 Å². The molecule has 1 aliphatic carbocycles. The van der Waals surface area contributed by atoms with E-state index in [1.165, 1.54) is 7.11 Å². The van der Waals surface area contributed by atoms with Gasteiger partial charge in [-0.1, -0.05) is 0 Å². The standard InChI is InChI=1S/C19H23N3O5S/c1-26-13-6-7-17(27-2)16(10-13)20-19(23)18-14-4-3-5-15(14)21-22(18)12-8-9-28(24,25)11-12/h6-7,10,12H,3-5,8-9,11H2,1-2H3,(H,20,23)/t12-/m1/s1. The molecule has 1 aromatic carbocycles. The molecule has 8 nitrogen and oxygen atoms in total. The van der Waals surface area contributed by atoms with Gasteiger partial charge in [0, 0.05) is 11.6 Å². The lowest BCUT2D eigenvalue weighted by Gasteiger charge is -2.16. The van der Waals surface area contributed by atoms with Gasteiger partial charge in [0.1, 0.15) is 17.2 Å². The quantitative estimate of drug-likeness (QED) is 0.817. The number of ether oxygens (including phenoxy) is 2. The Balaban J connectivity index is 1.70. The summed E-state index contributed by atoms with van der Waals surface area (Å²) < 4.78 is 36.1. The predicted molar refractivity (Wildman–Crippen MR) is 104 cm³/mol. The molecular weight excluding hydrogens is 382 g/mol. The zero-order chi connectivity index (χ0) is 19.9. The Bertz CT molecular complexity index is 1030. The SMILES string of the molecule is COc1ccc(OC)c(NC(=O)c2c3c(nn2[C@@H]2CCS(=O)(=O)C2)CCC3)c1. The first-order chi connectivity index (χ1) is 13.4. The number of hydrogen-bond donors (Lipinski definition) is 1. The number of hydrogen-bond acceptors (Lipinski definition) is 6. The van der Waals surface area contributed by atoms with E-state index < -0.39 is 9.84 Å². The molecule has 28 heavy (non-hydrogen) atoms. The Hall–Kier alpha value is -2.55. The van der Waals surface area contributed by atoms with Gasteiger partial charge in [-0.25, -0.2) is 8.42 Å². The number of benzene rings is 1. The van der Waals surface area contributed by atoms with E-state index in [0.29, 0.717) is 29.3 Å². The molecule has 4 rings (SSSR count). The van der Waals surface area contributed by atoms with E-state index in [4.69, 9.17) is 9.47 Å². The Labute approximate surface area is 163 Å². The highest BCUT2D eigenvalue weighted by atomic mass is 32.2. The molecule has 0 saturated carbocycles. The molecule has 1 amide bonds. The van der Waals surface area contributed by atoms with E-state index >= 15 is 0 Å². The number of methoxy groups -OCH3 is 2. The first-order valence-corrected chi connectivity index (χ1v) is 11.1. The largest absolute Gasteiger partial charge is 0.497 e. The highest BCUT2D eigenvalue weighted by molar-refractivity contribution is 7.91. The second-order valence-corrected chi connectivity index (χ2v) is 9.38. The smallest absolute Gasteiger partial charge is 0.274 e. The van der Waals surface area contributed by atoms with Crippen LogP contribution in [0.15, 0.2) is 18.2 Å². The van der Waals surface area contributed by atoms with Gasteiger partial charge < -0.3 is 14.8 Å². The minimum absolute atomic E-state index is 0.0241. The highest BCUT2D eigenvalue weighted by Crippen LogP contribution is 2.33. The van der Waals surface area contributed by atoms with Crippen LogP contribution in [0.25, 0.3) is 0 Å².